The Morgan fingerprint density at radius 2 is 1.92 bits per heavy atom. The number of benzene rings is 1. The predicted octanol–water partition coefficient (Wildman–Crippen LogP) is 2.81. The van der Waals surface area contributed by atoms with Crippen molar-refractivity contribution < 1.29 is 13.2 Å². The molecule has 1 heterocycles. The van der Waals surface area contributed by atoms with Gasteiger partial charge in [-0.05, 0) is 49.5 Å². The summed E-state index contributed by atoms with van der Waals surface area (Å²) in [5.74, 6) is 0.0721. The second-order valence-corrected chi connectivity index (χ2v) is 8.41. The molecule has 0 unspecified atom stereocenters. The first-order chi connectivity index (χ1) is 11.3. The third-order valence-electron chi connectivity index (χ3n) is 4.06. The van der Waals surface area contributed by atoms with Gasteiger partial charge in [-0.1, -0.05) is 18.2 Å². The lowest BCUT2D eigenvalue weighted by molar-refractivity contribution is -0.131. The fourth-order valence-corrected chi connectivity index (χ4v) is 3.87. The highest BCUT2D eigenvalue weighted by Gasteiger charge is 2.18. The van der Waals surface area contributed by atoms with Gasteiger partial charge in [0.25, 0.3) is 0 Å². The molecule has 0 aliphatic rings. The van der Waals surface area contributed by atoms with Crippen molar-refractivity contribution in [3.05, 3.63) is 52.2 Å². The van der Waals surface area contributed by atoms with E-state index in [2.05, 4.69) is 4.72 Å². The summed E-state index contributed by atoms with van der Waals surface area (Å²) in [6.07, 6.45) is 0.977. The van der Waals surface area contributed by atoms with Gasteiger partial charge in [0.1, 0.15) is 0 Å². The van der Waals surface area contributed by atoms with Crippen LogP contribution in [0.3, 0.4) is 0 Å². The van der Waals surface area contributed by atoms with Crippen molar-refractivity contribution >= 4 is 27.3 Å². The largest absolute Gasteiger partial charge is 0.338 e. The van der Waals surface area contributed by atoms with Crippen LogP contribution in [0, 0.1) is 0 Å². The third-order valence-corrected chi connectivity index (χ3v) is 6.53. The van der Waals surface area contributed by atoms with Crippen LogP contribution >= 0.6 is 11.3 Å². The third kappa shape index (κ3) is 4.43. The number of hydrogen-bond donors (Lipinski definition) is 1. The fourth-order valence-electron chi connectivity index (χ4n) is 2.32. The Bertz CT molecular complexity index is 769. The number of carbonyl (C=O) groups is 1. The normalized spacial score (nSPS) is 12.8. The Hall–Kier alpha value is -1.70. The van der Waals surface area contributed by atoms with E-state index >= 15 is 0 Å². The van der Waals surface area contributed by atoms with Gasteiger partial charge in [-0.25, -0.2) is 13.1 Å². The van der Waals surface area contributed by atoms with Crippen molar-refractivity contribution in [3.8, 4) is 0 Å². The number of thiophene rings is 1. The number of hydrogen-bond acceptors (Lipinski definition) is 4. The molecule has 0 saturated heterocycles. The van der Waals surface area contributed by atoms with Gasteiger partial charge in [-0.15, -0.1) is 11.3 Å². The Balaban J connectivity index is 1.94. The monoisotopic (exact) mass is 366 g/mol. The summed E-state index contributed by atoms with van der Waals surface area (Å²) in [5, 5.41) is 2.00. The first kappa shape index (κ1) is 18.6. The molecule has 0 saturated carbocycles. The lowest BCUT2D eigenvalue weighted by atomic mass is 10.1. The maximum Gasteiger partial charge on any atom is 0.240 e. The van der Waals surface area contributed by atoms with Crippen LogP contribution in [0.5, 0.6) is 0 Å². The molecule has 7 heteroatoms. The highest BCUT2D eigenvalue weighted by atomic mass is 32.2. The minimum absolute atomic E-state index is 0.0562. The molecule has 0 spiro atoms. The van der Waals surface area contributed by atoms with Gasteiger partial charge in [0.15, 0.2) is 0 Å². The SMILES string of the molecule is CNS(=O)(=O)c1ccc(CCC(=O)N(C)[C@@H](C)c2cccs2)cc1. The van der Waals surface area contributed by atoms with E-state index in [1.54, 1.807) is 40.5 Å². The molecule has 1 aromatic heterocycles. The Morgan fingerprint density at radius 3 is 2.46 bits per heavy atom. The molecule has 0 aliphatic heterocycles. The molecule has 1 N–H and O–H groups in total. The average Bonchev–Trinajstić information content (AvgIpc) is 3.13. The number of carbonyl (C=O) groups excluding carboxylic acids is 1. The summed E-state index contributed by atoms with van der Waals surface area (Å²) in [6.45, 7) is 2.02. The summed E-state index contributed by atoms with van der Waals surface area (Å²) in [5.41, 5.74) is 0.940. The summed E-state index contributed by atoms with van der Waals surface area (Å²) >= 11 is 1.64. The van der Waals surface area contributed by atoms with E-state index in [4.69, 9.17) is 0 Å². The van der Waals surface area contributed by atoms with Crippen molar-refractivity contribution in [3.63, 3.8) is 0 Å². The molecule has 1 aromatic carbocycles. The van der Waals surface area contributed by atoms with Crippen LogP contribution in [0.2, 0.25) is 0 Å². The highest BCUT2D eigenvalue weighted by Crippen LogP contribution is 2.24. The van der Waals surface area contributed by atoms with E-state index in [0.29, 0.717) is 12.8 Å². The molecular formula is C17H22N2O3S2. The van der Waals surface area contributed by atoms with Crippen LogP contribution in [-0.4, -0.2) is 33.3 Å². The van der Waals surface area contributed by atoms with Crippen molar-refractivity contribution in [1.29, 1.82) is 0 Å². The molecular weight excluding hydrogens is 344 g/mol. The minimum atomic E-state index is -3.42. The fraction of sp³-hybridized carbons (Fsp3) is 0.353. The van der Waals surface area contributed by atoms with Gasteiger partial charge in [0.2, 0.25) is 15.9 Å². The molecule has 130 valence electrons. The quantitative estimate of drug-likeness (QED) is 0.819. The highest BCUT2D eigenvalue weighted by molar-refractivity contribution is 7.89. The van der Waals surface area contributed by atoms with Crippen molar-refractivity contribution in [2.24, 2.45) is 0 Å². The molecule has 2 aromatic rings. The standard InChI is InChI=1S/C17H22N2O3S2/c1-13(16-5-4-12-23-16)19(3)17(20)11-8-14-6-9-15(10-7-14)24(21,22)18-2/h4-7,9-10,12-13,18H,8,11H2,1-3H3/t13-/m0/s1. The lowest BCUT2D eigenvalue weighted by Crippen LogP contribution is -2.29. The van der Waals surface area contributed by atoms with Crippen LogP contribution in [0.15, 0.2) is 46.7 Å². The molecule has 0 radical (unpaired) electrons. The van der Waals surface area contributed by atoms with Gasteiger partial charge in [0, 0.05) is 18.3 Å². The number of amides is 1. The van der Waals surface area contributed by atoms with Crippen molar-refractivity contribution in [1.82, 2.24) is 9.62 Å². The number of rotatable bonds is 7. The number of sulfonamides is 1. The van der Waals surface area contributed by atoms with Crippen LogP contribution in [0.1, 0.15) is 29.8 Å². The van der Waals surface area contributed by atoms with Crippen LogP contribution in [0.4, 0.5) is 0 Å². The minimum Gasteiger partial charge on any atom is -0.338 e. The maximum atomic E-state index is 12.4. The van der Waals surface area contributed by atoms with Gasteiger partial charge in [0.05, 0.1) is 10.9 Å². The molecule has 5 nitrogen and oxygen atoms in total. The summed E-state index contributed by atoms with van der Waals surface area (Å²) in [4.78, 5) is 15.5. The second-order valence-electron chi connectivity index (χ2n) is 5.55. The zero-order valence-corrected chi connectivity index (χ0v) is 15.7. The van der Waals surface area contributed by atoms with Crippen molar-refractivity contribution in [2.75, 3.05) is 14.1 Å². The summed E-state index contributed by atoms with van der Waals surface area (Å²) < 4.78 is 25.6. The lowest BCUT2D eigenvalue weighted by Gasteiger charge is -2.24. The number of nitrogens with one attached hydrogen (secondary N) is 1. The van der Waals surface area contributed by atoms with Crippen LogP contribution in [-0.2, 0) is 21.2 Å². The van der Waals surface area contributed by atoms with Crippen LogP contribution < -0.4 is 4.72 Å². The maximum absolute atomic E-state index is 12.4. The Kier molecular flexibility index (Phi) is 6.15. The van der Waals surface area contributed by atoms with E-state index in [1.165, 1.54) is 7.05 Å². The first-order valence-electron chi connectivity index (χ1n) is 7.66. The average molecular weight is 367 g/mol. The Morgan fingerprint density at radius 1 is 1.25 bits per heavy atom. The van der Waals surface area contributed by atoms with Gasteiger partial charge in [-0.3, -0.25) is 4.79 Å². The van der Waals surface area contributed by atoms with E-state index in [0.717, 1.165) is 10.4 Å². The molecule has 0 fully saturated rings. The predicted molar refractivity (Wildman–Crippen MR) is 96.5 cm³/mol. The van der Waals surface area contributed by atoms with E-state index in [9.17, 15) is 13.2 Å². The molecule has 0 bridgehead atoms. The van der Waals surface area contributed by atoms with Crippen molar-refractivity contribution in [2.45, 2.75) is 30.7 Å². The Labute approximate surface area is 147 Å². The molecule has 2 rings (SSSR count). The molecule has 24 heavy (non-hydrogen) atoms. The molecule has 0 aliphatic carbocycles. The molecule has 1 atom stereocenters. The zero-order valence-electron chi connectivity index (χ0n) is 14.0. The number of nitrogens with zero attached hydrogens (tertiary/aromatic N) is 1. The molecule has 1 amide bonds. The second kappa shape index (κ2) is 7.92. The topological polar surface area (TPSA) is 66.5 Å². The zero-order chi connectivity index (χ0) is 17.7. The summed E-state index contributed by atoms with van der Waals surface area (Å²) in [6, 6.07) is 10.7. The number of aryl methyl sites for hydroxylation is 1. The summed E-state index contributed by atoms with van der Waals surface area (Å²) in [7, 11) is -0.224. The van der Waals surface area contributed by atoms with Gasteiger partial charge in [-0.2, -0.15) is 0 Å². The van der Waals surface area contributed by atoms with E-state index in [-0.39, 0.29) is 16.8 Å². The van der Waals surface area contributed by atoms with Gasteiger partial charge >= 0.3 is 0 Å². The van der Waals surface area contributed by atoms with Gasteiger partial charge < -0.3 is 4.90 Å². The van der Waals surface area contributed by atoms with E-state index < -0.39 is 10.0 Å². The first-order valence-corrected chi connectivity index (χ1v) is 10.0. The smallest absolute Gasteiger partial charge is 0.240 e. The van der Waals surface area contributed by atoms with Crippen LogP contribution in [0.25, 0.3) is 0 Å². The van der Waals surface area contributed by atoms with E-state index in [1.807, 2.05) is 31.5 Å².